The van der Waals surface area contributed by atoms with E-state index in [4.69, 9.17) is 9.47 Å². The van der Waals surface area contributed by atoms with Crippen molar-refractivity contribution in [3.63, 3.8) is 0 Å². The van der Waals surface area contributed by atoms with Crippen LogP contribution in [0.3, 0.4) is 0 Å². The summed E-state index contributed by atoms with van der Waals surface area (Å²) in [6.45, 7) is 0. The summed E-state index contributed by atoms with van der Waals surface area (Å²) in [6, 6.07) is 2.36. The Morgan fingerprint density at radius 1 is 0.302 bits per heavy atom. The Labute approximate surface area is 326 Å². The van der Waals surface area contributed by atoms with Crippen LogP contribution in [0.25, 0.3) is 0 Å². The molecule has 2 heterocycles. The third-order valence-corrected chi connectivity index (χ3v) is 20.5. The molecule has 9 saturated carbocycles. The maximum Gasteiger partial charge on any atom is 0.0766 e. The maximum atomic E-state index is 7.72. The average Bonchev–Trinajstić information content (AvgIpc) is 3.80. The second-order valence-corrected chi connectivity index (χ2v) is 22.5. The normalized spacial score (nSPS) is 54.2. The summed E-state index contributed by atoms with van der Waals surface area (Å²) in [7, 11) is 0. The molecule has 2 aliphatic heterocycles. The zero-order valence-electron chi connectivity index (χ0n) is 34.2. The summed E-state index contributed by atoms with van der Waals surface area (Å²) in [5, 5.41) is 0. The summed E-state index contributed by atoms with van der Waals surface area (Å²) >= 11 is 0. The number of hydrogen-bond acceptors (Lipinski definition) is 3. The van der Waals surface area contributed by atoms with Crippen molar-refractivity contribution in [1.29, 1.82) is 0 Å². The third-order valence-electron chi connectivity index (χ3n) is 20.5. The first-order valence-electron chi connectivity index (χ1n) is 25.3. The molecule has 0 aromatic heterocycles. The Bertz CT molecular complexity index is 1170. The minimum atomic E-state index is 0.510. The van der Waals surface area contributed by atoms with Gasteiger partial charge in [-0.3, -0.25) is 4.90 Å². The number of ether oxygens (including phenoxy) is 2. The van der Waals surface area contributed by atoms with Crippen LogP contribution in [-0.2, 0) is 9.47 Å². The molecule has 11 fully saturated rings. The van der Waals surface area contributed by atoms with Gasteiger partial charge < -0.3 is 9.47 Å². The first-order chi connectivity index (χ1) is 26.2. The quantitative estimate of drug-likeness (QED) is 0.281. The number of rotatable bonds is 5. The van der Waals surface area contributed by atoms with Crippen LogP contribution in [0.15, 0.2) is 0 Å². The van der Waals surface area contributed by atoms with Crippen molar-refractivity contribution in [1.82, 2.24) is 4.90 Å². The molecule has 11 aliphatic rings. The summed E-state index contributed by atoms with van der Waals surface area (Å²) < 4.78 is 14.6. The highest BCUT2D eigenvalue weighted by Gasteiger charge is 2.61. The molecule has 15 atom stereocenters. The Balaban J connectivity index is 0.807. The van der Waals surface area contributed by atoms with Crippen LogP contribution in [0.1, 0.15) is 199 Å². The molecule has 0 N–H and O–H groups in total. The van der Waals surface area contributed by atoms with Crippen LogP contribution in [-0.4, -0.2) is 47.4 Å². The van der Waals surface area contributed by atoms with Gasteiger partial charge in [0, 0.05) is 24.0 Å². The van der Waals surface area contributed by atoms with E-state index in [0.717, 1.165) is 77.2 Å². The van der Waals surface area contributed by atoms with Crippen LogP contribution >= 0.6 is 0 Å². The zero-order valence-corrected chi connectivity index (χ0v) is 34.2. The van der Waals surface area contributed by atoms with Gasteiger partial charge in [-0.2, -0.15) is 0 Å². The summed E-state index contributed by atoms with van der Waals surface area (Å²) in [6.07, 6.45) is 48.8. The Morgan fingerprint density at radius 3 is 1.42 bits per heavy atom. The number of nitrogens with zero attached hydrogens (tertiary/aromatic N) is 1. The van der Waals surface area contributed by atoms with Crippen molar-refractivity contribution in [2.75, 3.05) is 0 Å². The van der Waals surface area contributed by atoms with E-state index in [1.807, 2.05) is 0 Å². The van der Waals surface area contributed by atoms with Gasteiger partial charge in [0.2, 0.25) is 0 Å². The fraction of sp³-hybridized carbons (Fsp3) is 1.00. The first-order valence-corrected chi connectivity index (χ1v) is 25.3. The van der Waals surface area contributed by atoms with Gasteiger partial charge in [0.25, 0.3) is 0 Å². The Hall–Kier alpha value is -0.120. The molecule has 53 heavy (non-hydrogen) atoms. The van der Waals surface area contributed by atoms with Gasteiger partial charge in [0.15, 0.2) is 0 Å². The van der Waals surface area contributed by atoms with Crippen molar-refractivity contribution in [2.45, 2.75) is 242 Å². The molecule has 2 saturated heterocycles. The topological polar surface area (TPSA) is 21.7 Å². The number of fused-ring (bicyclic) bond motifs is 9. The number of hydrogen-bond donors (Lipinski definition) is 0. The standard InChI is InChI=1S/C50H81NO2/c1-3-10-36-30-38(18-16-32(36)8-1)34-20-24-40(25-21-34)51(41-26-22-35(23-27-41)39-19-17-33-9-2-4-11-37(33)31-39)45-14-7-13-42-43-28-29-47-48(50(43)53-49(42)45)44-12-5-6-15-46(44)52-47/h32-50H,1-31H2. The predicted octanol–water partition coefficient (Wildman–Crippen LogP) is 12.5. The minimum Gasteiger partial charge on any atom is -0.374 e. The van der Waals surface area contributed by atoms with Crippen molar-refractivity contribution in [3.05, 3.63) is 0 Å². The van der Waals surface area contributed by atoms with Gasteiger partial charge >= 0.3 is 0 Å². The van der Waals surface area contributed by atoms with Crippen LogP contribution in [0.2, 0.25) is 0 Å². The molecule has 0 radical (unpaired) electrons. The van der Waals surface area contributed by atoms with Crippen LogP contribution in [0.4, 0.5) is 0 Å². The Morgan fingerprint density at radius 2 is 0.774 bits per heavy atom. The summed E-state index contributed by atoms with van der Waals surface area (Å²) in [5.41, 5.74) is 0. The lowest BCUT2D eigenvalue weighted by molar-refractivity contribution is -0.105. The van der Waals surface area contributed by atoms with E-state index in [-0.39, 0.29) is 0 Å². The first kappa shape index (κ1) is 36.0. The largest absolute Gasteiger partial charge is 0.374 e. The van der Waals surface area contributed by atoms with Gasteiger partial charge in [-0.05, 0) is 194 Å². The Kier molecular flexibility index (Phi) is 10.6. The van der Waals surface area contributed by atoms with Crippen LogP contribution < -0.4 is 0 Å². The van der Waals surface area contributed by atoms with Crippen LogP contribution in [0.5, 0.6) is 0 Å². The summed E-state index contributed by atoms with van der Waals surface area (Å²) in [4.78, 5) is 3.34. The molecule has 9 aliphatic carbocycles. The van der Waals surface area contributed by atoms with Crippen molar-refractivity contribution < 1.29 is 9.47 Å². The molecule has 0 bridgehead atoms. The molecule has 0 spiro atoms. The molecule has 298 valence electrons. The van der Waals surface area contributed by atoms with Gasteiger partial charge in [-0.1, -0.05) is 70.6 Å². The van der Waals surface area contributed by atoms with E-state index < -0.39 is 0 Å². The monoisotopic (exact) mass is 728 g/mol. The lowest BCUT2D eigenvalue weighted by atomic mass is 9.62. The van der Waals surface area contributed by atoms with E-state index in [9.17, 15) is 0 Å². The second kappa shape index (κ2) is 15.6. The minimum absolute atomic E-state index is 0.510. The van der Waals surface area contributed by atoms with E-state index >= 15 is 0 Å². The van der Waals surface area contributed by atoms with Crippen LogP contribution in [0, 0.1) is 71.0 Å². The van der Waals surface area contributed by atoms with Crippen molar-refractivity contribution >= 4 is 0 Å². The lowest BCUT2D eigenvalue weighted by Gasteiger charge is -2.53. The van der Waals surface area contributed by atoms with Gasteiger partial charge in [0.1, 0.15) is 0 Å². The molecule has 11 rings (SSSR count). The highest BCUT2D eigenvalue weighted by Crippen LogP contribution is 2.58. The maximum absolute atomic E-state index is 7.72. The highest BCUT2D eigenvalue weighted by atomic mass is 16.5. The van der Waals surface area contributed by atoms with Gasteiger partial charge in [-0.25, -0.2) is 0 Å². The third kappa shape index (κ3) is 6.79. The van der Waals surface area contributed by atoms with E-state index in [2.05, 4.69) is 4.90 Å². The summed E-state index contributed by atoms with van der Waals surface area (Å²) in [5.74, 6) is 11.7. The second-order valence-electron chi connectivity index (χ2n) is 22.5. The molecule has 15 unspecified atom stereocenters. The van der Waals surface area contributed by atoms with Gasteiger partial charge in [-0.15, -0.1) is 0 Å². The zero-order chi connectivity index (χ0) is 34.9. The smallest absolute Gasteiger partial charge is 0.0766 e. The molecular formula is C50H81NO2. The predicted molar refractivity (Wildman–Crippen MR) is 216 cm³/mol. The van der Waals surface area contributed by atoms with Gasteiger partial charge in [0.05, 0.1) is 24.4 Å². The van der Waals surface area contributed by atoms with E-state index in [0.29, 0.717) is 36.4 Å². The fourth-order valence-electron chi connectivity index (χ4n) is 18.1. The molecule has 0 amide bonds. The molecular weight excluding hydrogens is 647 g/mol. The van der Waals surface area contributed by atoms with E-state index in [1.165, 1.54) is 109 Å². The molecule has 3 heteroatoms. The lowest BCUT2D eigenvalue weighted by Crippen LogP contribution is -2.58. The molecule has 3 nitrogen and oxygen atoms in total. The molecule has 0 aromatic carbocycles. The van der Waals surface area contributed by atoms with Crippen molar-refractivity contribution in [2.24, 2.45) is 71.0 Å². The van der Waals surface area contributed by atoms with E-state index in [1.54, 1.807) is 89.9 Å². The SMILES string of the molecule is C1CCC2CC(C3CCC(N(C4CCC(C5CCC6CCCCC6C5)CC4)C4CCCC5C6CCC7OC8CCCCC8C7C6OC54)CC3)CCC2C1. The molecule has 0 aromatic rings. The highest BCUT2D eigenvalue weighted by molar-refractivity contribution is 5.10. The van der Waals surface area contributed by atoms with Crippen molar-refractivity contribution in [3.8, 4) is 0 Å². The fourth-order valence-corrected chi connectivity index (χ4v) is 18.1. The average molecular weight is 728 g/mol.